The molecule has 0 saturated heterocycles. The standard InChI is InChI=1S/C23H17F3N4O/c24-23(25,26)17-7-9-19(27-11-17)14-3-5-16(6-4-14)22(31)28-18-8-10-21-29-20(15-1-2-15)13-30(21)12-18/h3-13,15H,1-2H2,(H,28,31). The van der Waals surface area contributed by atoms with Gasteiger partial charge >= 0.3 is 6.18 Å². The van der Waals surface area contributed by atoms with E-state index in [1.54, 1.807) is 30.3 Å². The average molecular weight is 422 g/mol. The van der Waals surface area contributed by atoms with Gasteiger partial charge in [0, 0.05) is 35.6 Å². The van der Waals surface area contributed by atoms with Crippen molar-refractivity contribution in [2.45, 2.75) is 24.9 Å². The molecule has 1 amide bonds. The zero-order valence-corrected chi connectivity index (χ0v) is 16.2. The molecule has 1 aliphatic carbocycles. The molecule has 0 radical (unpaired) electrons. The Morgan fingerprint density at radius 3 is 2.42 bits per heavy atom. The number of hydrogen-bond donors (Lipinski definition) is 1. The predicted octanol–water partition coefficient (Wildman–Crippen LogP) is 5.54. The Hall–Kier alpha value is -3.68. The summed E-state index contributed by atoms with van der Waals surface area (Å²) in [6.07, 6.45) is 2.54. The van der Waals surface area contributed by atoms with Crippen molar-refractivity contribution in [3.63, 3.8) is 0 Å². The molecule has 156 valence electrons. The quantitative estimate of drug-likeness (QED) is 0.469. The zero-order chi connectivity index (χ0) is 21.6. The van der Waals surface area contributed by atoms with Gasteiger partial charge in [-0.25, -0.2) is 4.98 Å². The van der Waals surface area contributed by atoms with Crippen LogP contribution in [0.5, 0.6) is 0 Å². The van der Waals surface area contributed by atoms with Crippen molar-refractivity contribution in [2.24, 2.45) is 0 Å². The van der Waals surface area contributed by atoms with Crippen LogP contribution in [0.25, 0.3) is 16.9 Å². The first kappa shape index (κ1) is 19.3. The van der Waals surface area contributed by atoms with Crippen molar-refractivity contribution in [1.29, 1.82) is 0 Å². The number of anilines is 1. The summed E-state index contributed by atoms with van der Waals surface area (Å²) in [7, 11) is 0. The Morgan fingerprint density at radius 2 is 1.77 bits per heavy atom. The second kappa shape index (κ2) is 7.23. The largest absolute Gasteiger partial charge is 0.417 e. The van der Waals surface area contributed by atoms with Gasteiger partial charge in [-0.1, -0.05) is 12.1 Å². The lowest BCUT2D eigenvalue weighted by molar-refractivity contribution is -0.137. The summed E-state index contributed by atoms with van der Waals surface area (Å²) in [5.41, 5.74) is 3.22. The van der Waals surface area contributed by atoms with Crippen LogP contribution < -0.4 is 5.32 Å². The first-order chi connectivity index (χ1) is 14.9. The van der Waals surface area contributed by atoms with Crippen LogP contribution >= 0.6 is 0 Å². The number of rotatable bonds is 4. The van der Waals surface area contributed by atoms with Gasteiger partial charge in [0.15, 0.2) is 0 Å². The lowest BCUT2D eigenvalue weighted by Crippen LogP contribution is -2.12. The smallest absolute Gasteiger partial charge is 0.321 e. The van der Waals surface area contributed by atoms with Gasteiger partial charge in [-0.3, -0.25) is 9.78 Å². The fourth-order valence-corrected chi connectivity index (χ4v) is 3.39. The molecule has 3 aromatic heterocycles. The average Bonchev–Trinajstić information content (AvgIpc) is 3.53. The molecule has 1 aromatic carbocycles. The van der Waals surface area contributed by atoms with E-state index in [2.05, 4.69) is 15.3 Å². The number of nitrogens with zero attached hydrogens (tertiary/aromatic N) is 3. The van der Waals surface area contributed by atoms with Gasteiger partial charge in [0.25, 0.3) is 5.91 Å². The first-order valence-corrected chi connectivity index (χ1v) is 9.80. The number of nitrogens with one attached hydrogen (secondary N) is 1. The number of hydrogen-bond acceptors (Lipinski definition) is 3. The minimum Gasteiger partial charge on any atom is -0.321 e. The highest BCUT2D eigenvalue weighted by atomic mass is 19.4. The maximum Gasteiger partial charge on any atom is 0.417 e. The summed E-state index contributed by atoms with van der Waals surface area (Å²) in [4.78, 5) is 21.1. The van der Waals surface area contributed by atoms with Crippen LogP contribution in [0.2, 0.25) is 0 Å². The summed E-state index contributed by atoms with van der Waals surface area (Å²) in [6, 6.07) is 12.5. The number of benzene rings is 1. The predicted molar refractivity (Wildman–Crippen MR) is 110 cm³/mol. The van der Waals surface area contributed by atoms with Crippen LogP contribution in [0.1, 0.15) is 40.4 Å². The molecule has 1 fully saturated rings. The number of alkyl halides is 3. The van der Waals surface area contributed by atoms with E-state index in [9.17, 15) is 18.0 Å². The summed E-state index contributed by atoms with van der Waals surface area (Å²) in [5, 5.41) is 2.86. The molecular weight excluding hydrogens is 405 g/mol. The van der Waals surface area contributed by atoms with Gasteiger partial charge in [0.2, 0.25) is 0 Å². The van der Waals surface area contributed by atoms with Crippen molar-refractivity contribution in [1.82, 2.24) is 14.4 Å². The van der Waals surface area contributed by atoms with Crippen LogP contribution in [0.15, 0.2) is 67.1 Å². The Morgan fingerprint density at radius 1 is 1.00 bits per heavy atom. The molecule has 5 nitrogen and oxygen atoms in total. The molecule has 3 heterocycles. The third-order valence-corrected chi connectivity index (χ3v) is 5.26. The minimum atomic E-state index is -4.42. The van der Waals surface area contributed by atoms with Crippen LogP contribution in [0.3, 0.4) is 0 Å². The van der Waals surface area contributed by atoms with Gasteiger partial charge in [-0.15, -0.1) is 0 Å². The molecule has 0 unspecified atom stereocenters. The molecule has 0 bridgehead atoms. The maximum atomic E-state index is 12.7. The van der Waals surface area contributed by atoms with E-state index in [0.29, 0.717) is 28.4 Å². The number of aromatic nitrogens is 3. The van der Waals surface area contributed by atoms with Crippen molar-refractivity contribution >= 4 is 17.2 Å². The fraction of sp³-hybridized carbons (Fsp3) is 0.174. The minimum absolute atomic E-state index is 0.284. The van der Waals surface area contributed by atoms with Gasteiger partial charge in [0.1, 0.15) is 5.65 Å². The zero-order valence-electron chi connectivity index (χ0n) is 16.2. The molecule has 0 atom stereocenters. The molecule has 1 N–H and O–H groups in total. The molecule has 0 aliphatic heterocycles. The molecule has 0 spiro atoms. The van der Waals surface area contributed by atoms with Crippen molar-refractivity contribution in [3.8, 4) is 11.3 Å². The van der Waals surface area contributed by atoms with Crippen LogP contribution in [0, 0.1) is 0 Å². The van der Waals surface area contributed by atoms with Gasteiger partial charge in [-0.2, -0.15) is 13.2 Å². The molecule has 8 heteroatoms. The number of fused-ring (bicyclic) bond motifs is 1. The molecule has 31 heavy (non-hydrogen) atoms. The number of carbonyl (C=O) groups excluding carboxylic acids is 1. The van der Waals surface area contributed by atoms with E-state index in [-0.39, 0.29) is 5.91 Å². The van der Waals surface area contributed by atoms with Gasteiger partial charge in [0.05, 0.1) is 22.6 Å². The summed E-state index contributed by atoms with van der Waals surface area (Å²) in [5.74, 6) is 0.268. The fourth-order valence-electron chi connectivity index (χ4n) is 3.39. The Kier molecular flexibility index (Phi) is 4.50. The lowest BCUT2D eigenvalue weighted by atomic mass is 10.1. The Bertz CT molecular complexity index is 1260. The molecule has 5 rings (SSSR count). The number of halogens is 3. The van der Waals surface area contributed by atoms with E-state index in [1.807, 2.05) is 22.9 Å². The van der Waals surface area contributed by atoms with Crippen molar-refractivity contribution < 1.29 is 18.0 Å². The highest BCUT2D eigenvalue weighted by Crippen LogP contribution is 2.39. The molecule has 1 saturated carbocycles. The number of amides is 1. The van der Waals surface area contributed by atoms with Crippen molar-refractivity contribution in [2.75, 3.05) is 5.32 Å². The van der Waals surface area contributed by atoms with Gasteiger partial charge < -0.3 is 9.72 Å². The van der Waals surface area contributed by atoms with E-state index in [0.717, 1.165) is 23.6 Å². The highest BCUT2D eigenvalue weighted by Gasteiger charge is 2.30. The van der Waals surface area contributed by atoms with E-state index in [1.165, 1.54) is 18.9 Å². The SMILES string of the molecule is O=C(Nc1ccc2nc(C3CC3)cn2c1)c1ccc(-c2ccc(C(F)(F)F)cn2)cc1. The number of imidazole rings is 1. The first-order valence-electron chi connectivity index (χ1n) is 9.80. The number of pyridine rings is 2. The Balaban J connectivity index is 1.30. The molecule has 1 aliphatic rings. The molecule has 4 aromatic rings. The maximum absolute atomic E-state index is 12.7. The Labute approximate surface area is 175 Å². The third-order valence-electron chi connectivity index (χ3n) is 5.26. The third kappa shape index (κ3) is 4.01. The van der Waals surface area contributed by atoms with Crippen molar-refractivity contribution in [3.05, 3.63) is 83.9 Å². The van der Waals surface area contributed by atoms with Crippen LogP contribution in [-0.2, 0) is 6.18 Å². The van der Waals surface area contributed by atoms with E-state index < -0.39 is 11.7 Å². The summed E-state index contributed by atoms with van der Waals surface area (Å²) in [6.45, 7) is 0. The second-order valence-electron chi connectivity index (χ2n) is 7.58. The van der Waals surface area contributed by atoms with E-state index >= 15 is 0 Å². The van der Waals surface area contributed by atoms with Gasteiger partial charge in [-0.05, 0) is 49.2 Å². The van der Waals surface area contributed by atoms with E-state index in [4.69, 9.17) is 0 Å². The summed E-state index contributed by atoms with van der Waals surface area (Å²) < 4.78 is 39.9. The monoisotopic (exact) mass is 422 g/mol. The second-order valence-corrected chi connectivity index (χ2v) is 7.58. The molecular formula is C23H17F3N4O. The highest BCUT2D eigenvalue weighted by molar-refractivity contribution is 6.04. The topological polar surface area (TPSA) is 59.3 Å². The summed E-state index contributed by atoms with van der Waals surface area (Å²) >= 11 is 0. The number of carbonyl (C=O) groups is 1. The van der Waals surface area contributed by atoms with Crippen LogP contribution in [0.4, 0.5) is 18.9 Å². The normalized spacial score (nSPS) is 14.0. The lowest BCUT2D eigenvalue weighted by Gasteiger charge is -2.08. The van der Waals surface area contributed by atoms with Crippen LogP contribution in [-0.4, -0.2) is 20.3 Å².